The summed E-state index contributed by atoms with van der Waals surface area (Å²) in [7, 11) is 1.56. The van der Waals surface area contributed by atoms with Crippen molar-refractivity contribution in [3.8, 4) is 11.5 Å². The predicted octanol–water partition coefficient (Wildman–Crippen LogP) is 1.22. The van der Waals surface area contributed by atoms with Crippen LogP contribution in [0.5, 0.6) is 11.5 Å². The number of ether oxygens (including phenoxy) is 2. The Morgan fingerprint density at radius 3 is 2.94 bits per heavy atom. The standard InChI is InChI=1S/C10H13BrN2O3/c1-15-8-4-2-3-7(11)10(8)16-6-5-9(14)13-12/h2-4H,5-6,12H2,1H3,(H,13,14). The number of hydrogen-bond acceptors (Lipinski definition) is 4. The molecule has 0 heterocycles. The van der Waals surface area contributed by atoms with Crippen molar-refractivity contribution in [3.63, 3.8) is 0 Å². The van der Waals surface area contributed by atoms with E-state index < -0.39 is 0 Å². The second-order valence-electron chi connectivity index (χ2n) is 2.94. The molecule has 1 aromatic carbocycles. The van der Waals surface area contributed by atoms with Crippen molar-refractivity contribution in [1.29, 1.82) is 0 Å². The number of hydrazine groups is 1. The number of nitrogens with two attached hydrogens (primary N) is 1. The summed E-state index contributed by atoms with van der Waals surface area (Å²) in [5.41, 5.74) is 2.03. The Morgan fingerprint density at radius 2 is 2.31 bits per heavy atom. The molecule has 0 spiro atoms. The second-order valence-corrected chi connectivity index (χ2v) is 3.79. The number of benzene rings is 1. The van der Waals surface area contributed by atoms with Gasteiger partial charge in [-0.2, -0.15) is 0 Å². The number of halogens is 1. The van der Waals surface area contributed by atoms with Gasteiger partial charge >= 0.3 is 0 Å². The van der Waals surface area contributed by atoms with E-state index in [2.05, 4.69) is 15.9 Å². The molecule has 0 radical (unpaired) electrons. The first-order chi connectivity index (χ1) is 7.69. The molecule has 1 amide bonds. The number of rotatable bonds is 5. The number of carbonyl (C=O) groups is 1. The number of nitrogens with one attached hydrogen (secondary N) is 1. The monoisotopic (exact) mass is 288 g/mol. The highest BCUT2D eigenvalue weighted by molar-refractivity contribution is 9.10. The molecule has 0 bridgehead atoms. The van der Waals surface area contributed by atoms with Crippen LogP contribution in [0.2, 0.25) is 0 Å². The van der Waals surface area contributed by atoms with Crippen LogP contribution >= 0.6 is 15.9 Å². The molecule has 5 nitrogen and oxygen atoms in total. The van der Waals surface area contributed by atoms with E-state index in [0.29, 0.717) is 11.5 Å². The van der Waals surface area contributed by atoms with Crippen LogP contribution in [-0.2, 0) is 4.79 Å². The minimum atomic E-state index is -0.272. The van der Waals surface area contributed by atoms with Crippen LogP contribution < -0.4 is 20.7 Å². The summed E-state index contributed by atoms with van der Waals surface area (Å²) in [6.45, 7) is 0.238. The third-order valence-corrected chi connectivity index (χ3v) is 2.51. The largest absolute Gasteiger partial charge is 0.493 e. The van der Waals surface area contributed by atoms with E-state index in [-0.39, 0.29) is 18.9 Å². The molecule has 1 aromatic rings. The van der Waals surface area contributed by atoms with Gasteiger partial charge in [-0.15, -0.1) is 0 Å². The van der Waals surface area contributed by atoms with Crippen LogP contribution in [0.25, 0.3) is 0 Å². The molecule has 1 rings (SSSR count). The summed E-state index contributed by atoms with van der Waals surface area (Å²) in [6, 6.07) is 5.45. The zero-order valence-corrected chi connectivity index (χ0v) is 10.4. The highest BCUT2D eigenvalue weighted by atomic mass is 79.9. The Labute approximate surface area is 102 Å². The Kier molecular flexibility index (Phi) is 5.07. The van der Waals surface area contributed by atoms with Gasteiger partial charge in [0.25, 0.3) is 0 Å². The van der Waals surface area contributed by atoms with Gasteiger partial charge in [-0.3, -0.25) is 10.2 Å². The molecule has 0 aromatic heterocycles. The fraction of sp³-hybridized carbons (Fsp3) is 0.300. The van der Waals surface area contributed by atoms with Crippen LogP contribution in [0.15, 0.2) is 22.7 Å². The molecule has 88 valence electrons. The summed E-state index contributed by atoms with van der Waals surface area (Å²) < 4.78 is 11.4. The van der Waals surface area contributed by atoms with Crippen molar-refractivity contribution in [2.45, 2.75) is 6.42 Å². The van der Waals surface area contributed by atoms with E-state index >= 15 is 0 Å². The SMILES string of the molecule is COc1cccc(Br)c1OCCC(=O)NN. The van der Waals surface area contributed by atoms with Crippen molar-refractivity contribution in [3.05, 3.63) is 22.7 Å². The van der Waals surface area contributed by atoms with Gasteiger partial charge in [0, 0.05) is 0 Å². The third kappa shape index (κ3) is 3.39. The topological polar surface area (TPSA) is 73.6 Å². The summed E-state index contributed by atoms with van der Waals surface area (Å²) in [4.78, 5) is 10.9. The zero-order chi connectivity index (χ0) is 12.0. The molecular weight excluding hydrogens is 276 g/mol. The Morgan fingerprint density at radius 1 is 1.56 bits per heavy atom. The number of carbonyl (C=O) groups excluding carboxylic acids is 1. The molecule has 0 unspecified atom stereocenters. The smallest absolute Gasteiger partial charge is 0.237 e. The van der Waals surface area contributed by atoms with Gasteiger partial charge in [-0.1, -0.05) is 6.07 Å². The summed E-state index contributed by atoms with van der Waals surface area (Å²) in [5.74, 6) is 5.87. The lowest BCUT2D eigenvalue weighted by Gasteiger charge is -2.11. The van der Waals surface area contributed by atoms with Gasteiger partial charge in [0.2, 0.25) is 5.91 Å². The van der Waals surface area contributed by atoms with E-state index in [1.807, 2.05) is 17.6 Å². The summed E-state index contributed by atoms with van der Waals surface area (Å²) in [5, 5.41) is 0. The molecule has 3 N–H and O–H groups in total. The maximum Gasteiger partial charge on any atom is 0.237 e. The third-order valence-electron chi connectivity index (χ3n) is 1.89. The zero-order valence-electron chi connectivity index (χ0n) is 8.83. The van der Waals surface area contributed by atoms with Crippen molar-refractivity contribution in [1.82, 2.24) is 5.43 Å². The number of hydrogen-bond donors (Lipinski definition) is 2. The molecule has 16 heavy (non-hydrogen) atoms. The van der Waals surface area contributed by atoms with Gasteiger partial charge in [0.05, 0.1) is 24.6 Å². The first kappa shape index (κ1) is 12.8. The van der Waals surface area contributed by atoms with Gasteiger partial charge in [-0.05, 0) is 28.1 Å². The first-order valence-corrected chi connectivity index (χ1v) is 5.43. The Balaban J connectivity index is 2.62. The van der Waals surface area contributed by atoms with Crippen LogP contribution in [0.1, 0.15) is 6.42 Å². The molecule has 0 fully saturated rings. The van der Waals surface area contributed by atoms with Crippen LogP contribution in [-0.4, -0.2) is 19.6 Å². The molecule has 6 heteroatoms. The van der Waals surface area contributed by atoms with E-state index in [9.17, 15) is 4.79 Å². The molecule has 0 saturated carbocycles. The van der Waals surface area contributed by atoms with Crippen LogP contribution in [0.4, 0.5) is 0 Å². The molecule has 0 aliphatic carbocycles. The van der Waals surface area contributed by atoms with Crippen LogP contribution in [0.3, 0.4) is 0 Å². The Hall–Kier alpha value is -1.27. The molecule has 0 aliphatic heterocycles. The van der Waals surface area contributed by atoms with Gasteiger partial charge in [0.1, 0.15) is 0 Å². The minimum absolute atomic E-state index is 0.195. The van der Waals surface area contributed by atoms with Gasteiger partial charge in [-0.25, -0.2) is 5.84 Å². The average Bonchev–Trinajstić information content (AvgIpc) is 2.30. The second kappa shape index (κ2) is 6.34. The minimum Gasteiger partial charge on any atom is -0.493 e. The average molecular weight is 289 g/mol. The van der Waals surface area contributed by atoms with E-state index in [1.54, 1.807) is 13.2 Å². The normalized spacial score (nSPS) is 9.69. The molecule has 0 saturated heterocycles. The fourth-order valence-corrected chi connectivity index (χ4v) is 1.57. The lowest BCUT2D eigenvalue weighted by molar-refractivity contribution is -0.121. The van der Waals surface area contributed by atoms with Crippen molar-refractivity contribution in [2.75, 3.05) is 13.7 Å². The fourth-order valence-electron chi connectivity index (χ4n) is 1.11. The number of methoxy groups -OCH3 is 1. The van der Waals surface area contributed by atoms with Gasteiger partial charge in [0.15, 0.2) is 11.5 Å². The summed E-state index contributed by atoms with van der Waals surface area (Å²) in [6.07, 6.45) is 0.195. The molecular formula is C10H13BrN2O3. The van der Waals surface area contributed by atoms with Crippen molar-refractivity contribution < 1.29 is 14.3 Å². The van der Waals surface area contributed by atoms with E-state index in [4.69, 9.17) is 15.3 Å². The Bertz CT molecular complexity index is 371. The number of amides is 1. The van der Waals surface area contributed by atoms with Crippen molar-refractivity contribution >= 4 is 21.8 Å². The van der Waals surface area contributed by atoms with Crippen LogP contribution in [0, 0.1) is 0 Å². The predicted molar refractivity (Wildman–Crippen MR) is 63.1 cm³/mol. The highest BCUT2D eigenvalue weighted by Crippen LogP contribution is 2.34. The number of para-hydroxylation sites is 1. The highest BCUT2D eigenvalue weighted by Gasteiger charge is 2.09. The first-order valence-electron chi connectivity index (χ1n) is 4.63. The summed E-state index contributed by atoms with van der Waals surface area (Å²) >= 11 is 3.34. The lowest BCUT2D eigenvalue weighted by Crippen LogP contribution is -2.31. The molecule has 0 atom stereocenters. The lowest BCUT2D eigenvalue weighted by atomic mass is 10.3. The maximum atomic E-state index is 10.9. The van der Waals surface area contributed by atoms with Crippen molar-refractivity contribution in [2.24, 2.45) is 5.84 Å². The van der Waals surface area contributed by atoms with Gasteiger partial charge < -0.3 is 9.47 Å². The van der Waals surface area contributed by atoms with E-state index in [1.165, 1.54) is 0 Å². The van der Waals surface area contributed by atoms with E-state index in [0.717, 1.165) is 4.47 Å². The maximum absolute atomic E-state index is 10.9. The molecule has 0 aliphatic rings. The quantitative estimate of drug-likeness (QED) is 0.485.